The number of hydrogen-bond donors (Lipinski definition) is 1. The van der Waals surface area contributed by atoms with Crippen molar-refractivity contribution in [1.82, 2.24) is 5.43 Å². The zero-order chi connectivity index (χ0) is 21.8. The van der Waals surface area contributed by atoms with E-state index in [0.29, 0.717) is 27.8 Å². The van der Waals surface area contributed by atoms with Crippen molar-refractivity contribution >= 4 is 35.2 Å². The summed E-state index contributed by atoms with van der Waals surface area (Å²) in [5.41, 5.74) is 4.65. The molecule has 0 bridgehead atoms. The summed E-state index contributed by atoms with van der Waals surface area (Å²) in [6.45, 7) is 0.268. The molecule has 6 nitrogen and oxygen atoms in total. The number of methoxy groups -OCH3 is 1. The number of nitrogens with one attached hydrogen (secondary N) is 1. The van der Waals surface area contributed by atoms with Crippen LogP contribution in [-0.4, -0.2) is 18.9 Å². The molecule has 4 rings (SSSR count). The standard InChI is InChI=1S/C24H19ClN2O4/c1-30-21-9-5-6-17(22(21)31-15-16-10-12-18(25)13-11-16)14-20-23(28)26-27(24(20)29)19-7-3-2-4-8-19/h2-14H,15H2,1H3,(H,26,28)/b20-14+. The molecule has 1 aliphatic heterocycles. The third-order valence-electron chi connectivity index (χ3n) is 4.73. The van der Waals surface area contributed by atoms with Crippen LogP contribution in [0.4, 0.5) is 5.69 Å². The summed E-state index contributed by atoms with van der Waals surface area (Å²) in [5, 5.41) is 1.86. The Bertz CT molecular complexity index is 1140. The van der Waals surface area contributed by atoms with E-state index in [1.807, 2.05) is 18.2 Å². The Morgan fingerprint density at radius 1 is 0.968 bits per heavy atom. The quantitative estimate of drug-likeness (QED) is 0.461. The second-order valence-electron chi connectivity index (χ2n) is 6.77. The molecule has 0 spiro atoms. The van der Waals surface area contributed by atoms with Crippen molar-refractivity contribution in [3.05, 3.63) is 94.5 Å². The number of hydrazine groups is 1. The predicted molar refractivity (Wildman–Crippen MR) is 119 cm³/mol. The Balaban J connectivity index is 1.64. The lowest BCUT2D eigenvalue weighted by Crippen LogP contribution is -2.35. The van der Waals surface area contributed by atoms with Gasteiger partial charge in [0.05, 0.1) is 12.8 Å². The number of amides is 2. The summed E-state index contributed by atoms with van der Waals surface area (Å²) in [6.07, 6.45) is 1.51. The van der Waals surface area contributed by atoms with Gasteiger partial charge in [-0.3, -0.25) is 15.0 Å². The second-order valence-corrected chi connectivity index (χ2v) is 7.21. The first-order chi connectivity index (χ1) is 15.1. The smallest absolute Gasteiger partial charge is 0.282 e. The topological polar surface area (TPSA) is 67.9 Å². The molecule has 3 aromatic rings. The lowest BCUT2D eigenvalue weighted by atomic mass is 10.1. The fourth-order valence-electron chi connectivity index (χ4n) is 3.17. The summed E-state index contributed by atoms with van der Waals surface area (Å²) in [7, 11) is 1.53. The van der Waals surface area contributed by atoms with Crippen LogP contribution in [0.1, 0.15) is 11.1 Å². The normalized spacial score (nSPS) is 14.6. The Labute approximate surface area is 184 Å². The Morgan fingerprint density at radius 2 is 1.71 bits per heavy atom. The van der Waals surface area contributed by atoms with Gasteiger partial charge in [-0.2, -0.15) is 0 Å². The first-order valence-corrected chi connectivity index (χ1v) is 9.91. The third-order valence-corrected chi connectivity index (χ3v) is 4.98. The molecule has 0 atom stereocenters. The van der Waals surface area contributed by atoms with Gasteiger partial charge in [0.25, 0.3) is 11.8 Å². The average Bonchev–Trinajstić information content (AvgIpc) is 3.08. The lowest BCUT2D eigenvalue weighted by molar-refractivity contribution is -0.117. The minimum absolute atomic E-state index is 0.00782. The molecule has 7 heteroatoms. The SMILES string of the molecule is COc1cccc(/C=C2\C(=O)NN(c3ccccc3)C2=O)c1OCc1ccc(Cl)cc1. The van der Waals surface area contributed by atoms with Crippen LogP contribution in [0.25, 0.3) is 6.08 Å². The van der Waals surface area contributed by atoms with Crippen molar-refractivity contribution in [2.45, 2.75) is 6.61 Å². The van der Waals surface area contributed by atoms with Crippen molar-refractivity contribution in [2.75, 3.05) is 12.1 Å². The highest BCUT2D eigenvalue weighted by Crippen LogP contribution is 2.34. The molecule has 0 radical (unpaired) electrons. The molecule has 156 valence electrons. The fourth-order valence-corrected chi connectivity index (χ4v) is 3.30. The highest BCUT2D eigenvalue weighted by Gasteiger charge is 2.34. The van der Waals surface area contributed by atoms with E-state index in [4.69, 9.17) is 21.1 Å². The van der Waals surface area contributed by atoms with Gasteiger partial charge in [0.1, 0.15) is 12.2 Å². The third kappa shape index (κ3) is 4.39. The molecule has 1 aliphatic rings. The maximum absolute atomic E-state index is 12.9. The molecular formula is C24H19ClN2O4. The fraction of sp³-hybridized carbons (Fsp3) is 0.0833. The van der Waals surface area contributed by atoms with Crippen LogP contribution in [0.15, 0.2) is 78.4 Å². The minimum Gasteiger partial charge on any atom is -0.493 e. The Kier molecular flexibility index (Phi) is 5.91. The van der Waals surface area contributed by atoms with Crippen molar-refractivity contribution < 1.29 is 19.1 Å². The van der Waals surface area contributed by atoms with Crippen molar-refractivity contribution in [3.63, 3.8) is 0 Å². The Morgan fingerprint density at radius 3 is 2.42 bits per heavy atom. The lowest BCUT2D eigenvalue weighted by Gasteiger charge is -2.14. The van der Waals surface area contributed by atoms with E-state index in [0.717, 1.165) is 5.56 Å². The van der Waals surface area contributed by atoms with Crippen molar-refractivity contribution in [1.29, 1.82) is 0 Å². The molecule has 1 heterocycles. The van der Waals surface area contributed by atoms with Crippen LogP contribution in [0, 0.1) is 0 Å². The van der Waals surface area contributed by atoms with Gasteiger partial charge >= 0.3 is 0 Å². The molecule has 0 unspecified atom stereocenters. The molecule has 3 aromatic carbocycles. The summed E-state index contributed by atoms with van der Waals surface area (Å²) in [4.78, 5) is 25.4. The number of carbonyl (C=O) groups is 2. The summed E-state index contributed by atoms with van der Waals surface area (Å²) in [6, 6.07) is 21.5. The predicted octanol–water partition coefficient (Wildman–Crippen LogP) is 4.39. The number of para-hydroxylation sites is 2. The van der Waals surface area contributed by atoms with Gasteiger partial charge in [0.2, 0.25) is 0 Å². The highest BCUT2D eigenvalue weighted by molar-refractivity contribution is 6.31. The number of benzene rings is 3. The van der Waals surface area contributed by atoms with Gasteiger partial charge in [-0.25, -0.2) is 5.01 Å². The number of ether oxygens (including phenoxy) is 2. The van der Waals surface area contributed by atoms with Gasteiger partial charge in [-0.15, -0.1) is 0 Å². The summed E-state index contributed by atoms with van der Waals surface area (Å²) >= 11 is 5.94. The number of hydrogen-bond acceptors (Lipinski definition) is 4. The van der Waals surface area contributed by atoms with E-state index in [9.17, 15) is 9.59 Å². The van der Waals surface area contributed by atoms with Gasteiger partial charge < -0.3 is 9.47 Å². The molecule has 0 saturated carbocycles. The molecule has 2 amide bonds. The van der Waals surface area contributed by atoms with E-state index in [1.165, 1.54) is 18.2 Å². The number of anilines is 1. The summed E-state index contributed by atoms with van der Waals surface area (Å²) < 4.78 is 11.4. The minimum atomic E-state index is -0.486. The van der Waals surface area contributed by atoms with E-state index in [2.05, 4.69) is 5.43 Å². The van der Waals surface area contributed by atoms with Gasteiger partial charge in [-0.05, 0) is 42.0 Å². The van der Waals surface area contributed by atoms with E-state index >= 15 is 0 Å². The van der Waals surface area contributed by atoms with Crippen LogP contribution >= 0.6 is 11.6 Å². The summed E-state index contributed by atoms with van der Waals surface area (Å²) in [5.74, 6) is 0.00305. The van der Waals surface area contributed by atoms with Gasteiger partial charge in [0, 0.05) is 10.6 Å². The van der Waals surface area contributed by atoms with Crippen LogP contribution in [0.3, 0.4) is 0 Å². The zero-order valence-corrected chi connectivity index (χ0v) is 17.4. The number of carbonyl (C=O) groups excluding carboxylic acids is 2. The van der Waals surface area contributed by atoms with Crippen LogP contribution < -0.4 is 19.9 Å². The average molecular weight is 435 g/mol. The van der Waals surface area contributed by atoms with Crippen molar-refractivity contribution in [3.8, 4) is 11.5 Å². The van der Waals surface area contributed by atoms with Crippen molar-refractivity contribution in [2.24, 2.45) is 0 Å². The van der Waals surface area contributed by atoms with Gasteiger partial charge in [0.15, 0.2) is 11.5 Å². The van der Waals surface area contributed by atoms with Gasteiger partial charge in [-0.1, -0.05) is 54.1 Å². The molecule has 0 aromatic heterocycles. The Hall–Kier alpha value is -3.77. The second kappa shape index (κ2) is 8.93. The highest BCUT2D eigenvalue weighted by atomic mass is 35.5. The molecule has 1 saturated heterocycles. The van der Waals surface area contributed by atoms with Crippen LogP contribution in [0.2, 0.25) is 5.02 Å². The maximum atomic E-state index is 12.9. The monoisotopic (exact) mass is 434 g/mol. The zero-order valence-electron chi connectivity index (χ0n) is 16.7. The first-order valence-electron chi connectivity index (χ1n) is 9.53. The molecule has 31 heavy (non-hydrogen) atoms. The maximum Gasteiger partial charge on any atom is 0.282 e. The van der Waals surface area contributed by atoms with E-state index in [1.54, 1.807) is 54.6 Å². The van der Waals surface area contributed by atoms with Crippen LogP contribution in [-0.2, 0) is 16.2 Å². The number of rotatable bonds is 6. The van der Waals surface area contributed by atoms with E-state index < -0.39 is 11.8 Å². The largest absolute Gasteiger partial charge is 0.493 e. The van der Waals surface area contributed by atoms with Crippen LogP contribution in [0.5, 0.6) is 11.5 Å². The molecule has 0 aliphatic carbocycles. The molecule has 1 N–H and O–H groups in total. The first kappa shape index (κ1) is 20.5. The number of nitrogens with zero attached hydrogens (tertiary/aromatic N) is 1. The van der Waals surface area contributed by atoms with E-state index in [-0.39, 0.29) is 12.2 Å². The molecule has 1 fully saturated rings. The number of halogens is 1. The molecular weight excluding hydrogens is 416 g/mol.